The largest absolute Gasteiger partial charge is 0.461 e. The highest BCUT2D eigenvalue weighted by molar-refractivity contribution is 5.77. The Morgan fingerprint density at radius 3 is 2.87 bits per heavy atom. The zero-order chi connectivity index (χ0) is 10.7. The highest BCUT2D eigenvalue weighted by Crippen LogP contribution is 2.19. The first-order valence-electron chi connectivity index (χ1n) is 5.50. The molecule has 2 heteroatoms. The Morgan fingerprint density at radius 1 is 1.33 bits per heavy atom. The topological polar surface area (TPSA) is 25.2 Å². The molecule has 0 saturated carbocycles. The van der Waals surface area contributed by atoms with E-state index in [0.717, 1.165) is 24.3 Å². The monoisotopic (exact) mass is 203 g/mol. The number of rotatable bonds is 4. The zero-order valence-corrected chi connectivity index (χ0v) is 9.29. The number of hydrogen-bond donors (Lipinski definition) is 1. The van der Waals surface area contributed by atoms with Gasteiger partial charge in [-0.3, -0.25) is 0 Å². The summed E-state index contributed by atoms with van der Waals surface area (Å²) < 4.78 is 5.75. The summed E-state index contributed by atoms with van der Waals surface area (Å²) in [6, 6.07) is 10.7. The van der Waals surface area contributed by atoms with Crippen LogP contribution < -0.4 is 5.32 Å². The zero-order valence-electron chi connectivity index (χ0n) is 9.29. The summed E-state index contributed by atoms with van der Waals surface area (Å²) in [5.74, 6) is 1.06. The molecule has 0 bridgehead atoms. The number of hydrogen-bond acceptors (Lipinski definition) is 2. The van der Waals surface area contributed by atoms with E-state index in [1.807, 2.05) is 18.2 Å². The highest BCUT2D eigenvalue weighted by atomic mass is 16.3. The van der Waals surface area contributed by atoms with E-state index < -0.39 is 0 Å². The first kappa shape index (κ1) is 10.2. The molecular formula is C13H17NO. The van der Waals surface area contributed by atoms with Crippen molar-refractivity contribution in [2.24, 2.45) is 0 Å². The fraction of sp³-hybridized carbons (Fsp3) is 0.385. The second kappa shape index (κ2) is 4.49. The lowest BCUT2D eigenvalue weighted by molar-refractivity contribution is 0.484. The van der Waals surface area contributed by atoms with E-state index >= 15 is 0 Å². The molecule has 15 heavy (non-hydrogen) atoms. The smallest absolute Gasteiger partial charge is 0.134 e. The minimum Gasteiger partial charge on any atom is -0.461 e. The Bertz CT molecular complexity index is 400. The van der Waals surface area contributed by atoms with Crippen molar-refractivity contribution in [3.05, 3.63) is 36.1 Å². The van der Waals surface area contributed by atoms with Crippen LogP contribution >= 0.6 is 0 Å². The van der Waals surface area contributed by atoms with E-state index in [-0.39, 0.29) is 0 Å². The quantitative estimate of drug-likeness (QED) is 0.826. The normalized spacial score (nSPS) is 13.2. The lowest BCUT2D eigenvalue weighted by atomic mass is 10.2. The third-order valence-corrected chi connectivity index (χ3v) is 2.54. The molecule has 0 spiro atoms. The van der Waals surface area contributed by atoms with Crippen LogP contribution in [0.25, 0.3) is 11.0 Å². The van der Waals surface area contributed by atoms with Crippen LogP contribution in [0.15, 0.2) is 34.7 Å². The molecule has 2 aromatic rings. The van der Waals surface area contributed by atoms with Crippen LogP contribution in [0.2, 0.25) is 0 Å². The van der Waals surface area contributed by atoms with E-state index in [1.54, 1.807) is 0 Å². The lowest BCUT2D eigenvalue weighted by Gasteiger charge is -2.09. The Hall–Kier alpha value is -1.28. The van der Waals surface area contributed by atoms with Gasteiger partial charge in [-0.15, -0.1) is 0 Å². The van der Waals surface area contributed by atoms with E-state index in [0.29, 0.717) is 6.04 Å². The van der Waals surface area contributed by atoms with Gasteiger partial charge >= 0.3 is 0 Å². The average Bonchev–Trinajstić information content (AvgIpc) is 2.59. The molecule has 0 fully saturated rings. The van der Waals surface area contributed by atoms with Crippen molar-refractivity contribution >= 4 is 11.0 Å². The Balaban J connectivity index is 2.15. The molecule has 0 amide bonds. The van der Waals surface area contributed by atoms with Crippen molar-refractivity contribution < 1.29 is 4.42 Å². The van der Waals surface area contributed by atoms with Gasteiger partial charge in [0.05, 0.1) is 0 Å². The third-order valence-electron chi connectivity index (χ3n) is 2.54. The number of nitrogens with one attached hydrogen (secondary N) is 1. The molecule has 0 saturated heterocycles. The van der Waals surface area contributed by atoms with Crippen LogP contribution in [0.1, 0.15) is 19.6 Å². The maximum atomic E-state index is 5.75. The number of furan rings is 1. The van der Waals surface area contributed by atoms with E-state index in [1.165, 1.54) is 5.39 Å². The first-order valence-corrected chi connectivity index (χ1v) is 5.50. The van der Waals surface area contributed by atoms with Gasteiger partial charge in [-0.2, -0.15) is 0 Å². The van der Waals surface area contributed by atoms with Crippen LogP contribution in [-0.2, 0) is 6.42 Å². The molecule has 1 unspecified atom stereocenters. The second-order valence-corrected chi connectivity index (χ2v) is 3.91. The van der Waals surface area contributed by atoms with Gasteiger partial charge in [-0.1, -0.05) is 25.1 Å². The lowest BCUT2D eigenvalue weighted by Crippen LogP contribution is -2.27. The molecule has 0 aliphatic rings. The predicted octanol–water partition coefficient (Wildman–Crippen LogP) is 2.97. The van der Waals surface area contributed by atoms with Gasteiger partial charge in [0, 0.05) is 17.8 Å². The summed E-state index contributed by atoms with van der Waals surface area (Å²) in [6.45, 7) is 5.30. The Morgan fingerprint density at radius 2 is 2.13 bits per heavy atom. The summed E-state index contributed by atoms with van der Waals surface area (Å²) >= 11 is 0. The second-order valence-electron chi connectivity index (χ2n) is 3.91. The molecule has 2 nitrogen and oxygen atoms in total. The van der Waals surface area contributed by atoms with Crippen molar-refractivity contribution in [2.45, 2.75) is 26.3 Å². The Kier molecular flexibility index (Phi) is 3.07. The van der Waals surface area contributed by atoms with E-state index in [4.69, 9.17) is 4.42 Å². The minimum atomic E-state index is 0.468. The summed E-state index contributed by atoms with van der Waals surface area (Å²) in [4.78, 5) is 0. The molecule has 1 aromatic heterocycles. The molecule has 2 rings (SSSR count). The highest BCUT2D eigenvalue weighted by Gasteiger charge is 2.06. The molecule has 1 atom stereocenters. The molecule has 1 aromatic carbocycles. The standard InChI is InChI=1S/C13H17NO/c1-3-14-10(2)8-12-9-11-6-4-5-7-13(11)15-12/h4-7,9-10,14H,3,8H2,1-2H3. The maximum Gasteiger partial charge on any atom is 0.134 e. The SMILES string of the molecule is CCNC(C)Cc1cc2ccccc2o1. The van der Waals surface area contributed by atoms with Crippen molar-refractivity contribution in [3.63, 3.8) is 0 Å². The summed E-state index contributed by atoms with van der Waals surface area (Å²) in [7, 11) is 0. The average molecular weight is 203 g/mol. The van der Waals surface area contributed by atoms with Gasteiger partial charge in [0.1, 0.15) is 11.3 Å². The minimum absolute atomic E-state index is 0.468. The molecule has 0 radical (unpaired) electrons. The van der Waals surface area contributed by atoms with Crippen LogP contribution in [0.5, 0.6) is 0 Å². The van der Waals surface area contributed by atoms with Crippen molar-refractivity contribution in [3.8, 4) is 0 Å². The summed E-state index contributed by atoms with van der Waals surface area (Å²) in [5, 5.41) is 4.57. The number of likely N-dealkylation sites (N-methyl/N-ethyl adjacent to an activating group) is 1. The van der Waals surface area contributed by atoms with Gasteiger partial charge in [-0.05, 0) is 25.6 Å². The van der Waals surface area contributed by atoms with Crippen LogP contribution in [0, 0.1) is 0 Å². The summed E-state index contributed by atoms with van der Waals surface area (Å²) in [6.07, 6.45) is 0.947. The van der Waals surface area contributed by atoms with Crippen LogP contribution in [0.3, 0.4) is 0 Å². The number of para-hydroxylation sites is 1. The van der Waals surface area contributed by atoms with E-state index in [9.17, 15) is 0 Å². The number of benzene rings is 1. The predicted molar refractivity (Wildman–Crippen MR) is 63.1 cm³/mol. The molecule has 1 heterocycles. The maximum absolute atomic E-state index is 5.75. The van der Waals surface area contributed by atoms with E-state index in [2.05, 4.69) is 31.3 Å². The molecule has 0 aliphatic carbocycles. The fourth-order valence-electron chi connectivity index (χ4n) is 1.86. The summed E-state index contributed by atoms with van der Waals surface area (Å²) in [5.41, 5.74) is 0.983. The number of fused-ring (bicyclic) bond motifs is 1. The molecular weight excluding hydrogens is 186 g/mol. The molecule has 80 valence electrons. The third kappa shape index (κ3) is 2.39. The van der Waals surface area contributed by atoms with Crippen molar-refractivity contribution in [2.75, 3.05) is 6.54 Å². The van der Waals surface area contributed by atoms with Gasteiger partial charge in [0.25, 0.3) is 0 Å². The molecule has 0 aliphatic heterocycles. The fourth-order valence-corrected chi connectivity index (χ4v) is 1.86. The first-order chi connectivity index (χ1) is 7.29. The Labute approximate surface area is 90.3 Å². The van der Waals surface area contributed by atoms with Crippen molar-refractivity contribution in [1.29, 1.82) is 0 Å². The van der Waals surface area contributed by atoms with Gasteiger partial charge < -0.3 is 9.73 Å². The molecule has 1 N–H and O–H groups in total. The van der Waals surface area contributed by atoms with Gasteiger partial charge in [0.15, 0.2) is 0 Å². The van der Waals surface area contributed by atoms with Crippen molar-refractivity contribution in [1.82, 2.24) is 5.32 Å². The van der Waals surface area contributed by atoms with Gasteiger partial charge in [-0.25, -0.2) is 0 Å². The van der Waals surface area contributed by atoms with Crippen LogP contribution in [-0.4, -0.2) is 12.6 Å². The van der Waals surface area contributed by atoms with Gasteiger partial charge in [0.2, 0.25) is 0 Å². The van der Waals surface area contributed by atoms with Crippen LogP contribution in [0.4, 0.5) is 0 Å².